The first-order valence-corrected chi connectivity index (χ1v) is 11.7. The van der Waals surface area contributed by atoms with E-state index in [0.29, 0.717) is 6.42 Å². The van der Waals surface area contributed by atoms with Gasteiger partial charge in [-0.3, -0.25) is 0 Å². The van der Waals surface area contributed by atoms with Crippen LogP contribution in [0.2, 0.25) is 0 Å². The Hall–Kier alpha value is -0.830. The van der Waals surface area contributed by atoms with Crippen molar-refractivity contribution in [1.82, 2.24) is 0 Å². The Morgan fingerprint density at radius 2 is 1.04 bits per heavy atom. The lowest BCUT2D eigenvalue weighted by Gasteiger charge is -2.05. The van der Waals surface area contributed by atoms with E-state index in [0.717, 1.165) is 19.3 Å². The van der Waals surface area contributed by atoms with Gasteiger partial charge in [-0.2, -0.15) is 0 Å². The predicted molar refractivity (Wildman–Crippen MR) is 116 cm³/mol. The van der Waals surface area contributed by atoms with E-state index in [-0.39, 0.29) is 0 Å². The molecular weight excluding hydrogens is 336 g/mol. The average molecular weight is 383 g/mol. The van der Waals surface area contributed by atoms with Gasteiger partial charge in [-0.05, 0) is 32.1 Å². The summed E-state index contributed by atoms with van der Waals surface area (Å²) >= 11 is 0. The molecule has 0 spiro atoms. The smallest absolute Gasteiger partial charge is 0.332 e. The number of hydrogen-bond acceptors (Lipinski definition) is 2. The lowest BCUT2D eigenvalue weighted by Crippen LogP contribution is -2.18. The molecular formula is C24H46O3. The normalized spacial score (nSPS) is 12.7. The Bertz CT molecular complexity index is 339. The first kappa shape index (κ1) is 26.2. The highest BCUT2D eigenvalue weighted by Crippen LogP contribution is 2.13. The third-order valence-electron chi connectivity index (χ3n) is 5.27. The molecule has 0 bridgehead atoms. The first-order valence-electron chi connectivity index (χ1n) is 11.7. The largest absolute Gasteiger partial charge is 0.479 e. The highest BCUT2D eigenvalue weighted by Gasteiger charge is 2.11. The summed E-state index contributed by atoms with van der Waals surface area (Å²) in [5, 5.41) is 17.8. The van der Waals surface area contributed by atoms with Crippen LogP contribution in [0, 0.1) is 0 Å². The van der Waals surface area contributed by atoms with Crippen molar-refractivity contribution >= 4 is 5.97 Å². The minimum Gasteiger partial charge on any atom is -0.479 e. The zero-order valence-corrected chi connectivity index (χ0v) is 18.0. The quantitative estimate of drug-likeness (QED) is 0.160. The van der Waals surface area contributed by atoms with Crippen LogP contribution in [0.5, 0.6) is 0 Å². The molecule has 27 heavy (non-hydrogen) atoms. The van der Waals surface area contributed by atoms with E-state index < -0.39 is 12.1 Å². The number of hydrogen-bond donors (Lipinski definition) is 2. The SMILES string of the molecule is CCCCCCCC/C=C/CCCCCCCCCCCC[C@@H](O)C(=O)O. The van der Waals surface area contributed by atoms with Crippen LogP contribution < -0.4 is 0 Å². The third kappa shape index (κ3) is 21.3. The van der Waals surface area contributed by atoms with Gasteiger partial charge >= 0.3 is 5.97 Å². The van der Waals surface area contributed by atoms with Crippen molar-refractivity contribution in [2.45, 2.75) is 135 Å². The summed E-state index contributed by atoms with van der Waals surface area (Å²) < 4.78 is 0. The highest BCUT2D eigenvalue weighted by molar-refractivity contribution is 5.71. The molecule has 2 N–H and O–H groups in total. The zero-order valence-electron chi connectivity index (χ0n) is 18.0. The lowest BCUT2D eigenvalue weighted by molar-refractivity contribution is -0.146. The number of aliphatic hydroxyl groups is 1. The van der Waals surface area contributed by atoms with Crippen molar-refractivity contribution in [3.63, 3.8) is 0 Å². The molecule has 0 aliphatic rings. The van der Waals surface area contributed by atoms with E-state index in [1.807, 2.05) is 0 Å². The van der Waals surface area contributed by atoms with Crippen LogP contribution in [-0.2, 0) is 4.79 Å². The molecule has 3 nitrogen and oxygen atoms in total. The molecule has 0 radical (unpaired) electrons. The average Bonchev–Trinajstić information content (AvgIpc) is 2.66. The molecule has 0 saturated carbocycles. The first-order chi connectivity index (χ1) is 13.2. The summed E-state index contributed by atoms with van der Waals surface area (Å²) in [6, 6.07) is 0. The van der Waals surface area contributed by atoms with E-state index in [1.54, 1.807) is 0 Å². The van der Waals surface area contributed by atoms with Crippen molar-refractivity contribution in [3.05, 3.63) is 12.2 Å². The van der Waals surface area contributed by atoms with Crippen LogP contribution in [0.15, 0.2) is 12.2 Å². The van der Waals surface area contributed by atoms with Gasteiger partial charge < -0.3 is 10.2 Å². The van der Waals surface area contributed by atoms with Gasteiger partial charge in [-0.1, -0.05) is 109 Å². The number of carbonyl (C=O) groups is 1. The van der Waals surface area contributed by atoms with E-state index in [1.165, 1.54) is 96.3 Å². The topological polar surface area (TPSA) is 57.5 Å². The molecule has 0 rings (SSSR count). The van der Waals surface area contributed by atoms with Crippen molar-refractivity contribution in [2.75, 3.05) is 0 Å². The second-order valence-electron chi connectivity index (χ2n) is 7.99. The number of aliphatic carboxylic acids is 1. The minimum absolute atomic E-state index is 0.392. The van der Waals surface area contributed by atoms with Crippen molar-refractivity contribution < 1.29 is 15.0 Å². The molecule has 0 fully saturated rings. The summed E-state index contributed by atoms with van der Waals surface area (Å²) in [5.74, 6) is -1.09. The molecule has 0 amide bonds. The third-order valence-corrected chi connectivity index (χ3v) is 5.27. The van der Waals surface area contributed by atoms with Gasteiger partial charge in [-0.25, -0.2) is 4.79 Å². The number of carboxylic acid groups (broad SMARTS) is 1. The van der Waals surface area contributed by atoms with Gasteiger partial charge in [0, 0.05) is 0 Å². The number of allylic oxidation sites excluding steroid dienone is 2. The van der Waals surface area contributed by atoms with Crippen LogP contribution in [0.25, 0.3) is 0 Å². The summed E-state index contributed by atoms with van der Waals surface area (Å²) in [6.45, 7) is 2.27. The van der Waals surface area contributed by atoms with Gasteiger partial charge in [0.1, 0.15) is 0 Å². The predicted octanol–water partition coefficient (Wildman–Crippen LogP) is 7.42. The van der Waals surface area contributed by atoms with Gasteiger partial charge in [0.2, 0.25) is 0 Å². The lowest BCUT2D eigenvalue weighted by atomic mass is 10.0. The summed E-state index contributed by atoms with van der Waals surface area (Å²) in [6.07, 6.45) is 27.1. The van der Waals surface area contributed by atoms with Crippen molar-refractivity contribution in [3.8, 4) is 0 Å². The van der Waals surface area contributed by atoms with Gasteiger partial charge in [0.05, 0.1) is 0 Å². The number of rotatable bonds is 21. The fourth-order valence-electron chi connectivity index (χ4n) is 3.42. The number of unbranched alkanes of at least 4 members (excludes halogenated alkanes) is 16. The van der Waals surface area contributed by atoms with E-state index in [2.05, 4.69) is 19.1 Å². The molecule has 0 aromatic carbocycles. The second-order valence-corrected chi connectivity index (χ2v) is 7.99. The Morgan fingerprint density at radius 1 is 0.667 bits per heavy atom. The van der Waals surface area contributed by atoms with Crippen LogP contribution in [0.4, 0.5) is 0 Å². The summed E-state index contributed by atoms with van der Waals surface area (Å²) in [7, 11) is 0. The minimum atomic E-state index is -1.17. The highest BCUT2D eigenvalue weighted by atomic mass is 16.4. The molecule has 0 saturated heterocycles. The Balaban J connectivity index is 3.12. The molecule has 0 aromatic rings. The molecule has 0 aliphatic carbocycles. The number of aliphatic hydroxyl groups excluding tert-OH is 1. The van der Waals surface area contributed by atoms with E-state index in [4.69, 9.17) is 5.11 Å². The Kier molecular flexibility index (Phi) is 20.8. The fraction of sp³-hybridized carbons (Fsp3) is 0.875. The molecule has 0 heterocycles. The van der Waals surface area contributed by atoms with Crippen molar-refractivity contribution in [1.29, 1.82) is 0 Å². The van der Waals surface area contributed by atoms with Gasteiger partial charge in [0.15, 0.2) is 6.10 Å². The maximum absolute atomic E-state index is 10.5. The van der Waals surface area contributed by atoms with E-state index >= 15 is 0 Å². The van der Waals surface area contributed by atoms with Crippen LogP contribution in [0.1, 0.15) is 129 Å². The van der Waals surface area contributed by atoms with Gasteiger partial charge in [0.25, 0.3) is 0 Å². The van der Waals surface area contributed by atoms with Crippen molar-refractivity contribution in [2.24, 2.45) is 0 Å². The fourth-order valence-corrected chi connectivity index (χ4v) is 3.42. The standard InChI is InChI=1S/C24H46O3/c1-2-3-4-5-6-7-8-9-10-11-12-13-14-15-16-17-18-19-20-21-22-23(25)24(26)27/h9-10,23,25H,2-8,11-22H2,1H3,(H,26,27)/b10-9+/t23-/m1/s1. The zero-order chi connectivity index (χ0) is 20.0. The summed E-state index contributed by atoms with van der Waals surface area (Å²) in [5.41, 5.74) is 0. The molecule has 1 atom stereocenters. The molecule has 3 heteroatoms. The Morgan fingerprint density at radius 3 is 1.44 bits per heavy atom. The monoisotopic (exact) mass is 382 g/mol. The van der Waals surface area contributed by atoms with Crippen LogP contribution in [0.3, 0.4) is 0 Å². The Labute approximate surface area is 168 Å². The molecule has 0 aliphatic heterocycles. The number of carboxylic acids is 1. The van der Waals surface area contributed by atoms with Crippen LogP contribution in [-0.4, -0.2) is 22.3 Å². The maximum atomic E-state index is 10.5. The summed E-state index contributed by atoms with van der Waals surface area (Å²) in [4.78, 5) is 10.5. The molecule has 160 valence electrons. The molecule has 0 aromatic heterocycles. The maximum Gasteiger partial charge on any atom is 0.332 e. The van der Waals surface area contributed by atoms with E-state index in [9.17, 15) is 9.90 Å². The van der Waals surface area contributed by atoms with Gasteiger partial charge in [-0.15, -0.1) is 0 Å². The van der Waals surface area contributed by atoms with Crippen LogP contribution >= 0.6 is 0 Å². The second kappa shape index (κ2) is 21.5. The molecule has 0 unspecified atom stereocenters.